The number of halogens is 2. The zero-order chi connectivity index (χ0) is 17.7. The molecule has 0 radical (unpaired) electrons. The second-order valence-corrected chi connectivity index (χ2v) is 6.73. The molecule has 0 saturated carbocycles. The molecule has 6 heteroatoms. The van der Waals surface area contributed by atoms with Crippen LogP contribution in [0.3, 0.4) is 0 Å². The first-order chi connectivity index (χ1) is 11.3. The monoisotopic (exact) mass is 458 g/mol. The fourth-order valence-corrected chi connectivity index (χ4v) is 2.77. The summed E-state index contributed by atoms with van der Waals surface area (Å²) in [5.41, 5.74) is 1.57. The number of nitrogens with zero attached hydrogens (tertiary/aromatic N) is 3. The predicted molar refractivity (Wildman–Crippen MR) is 113 cm³/mol. The van der Waals surface area contributed by atoms with Crippen molar-refractivity contribution in [2.45, 2.75) is 25.8 Å². The quantitative estimate of drug-likeness (QED) is 0.421. The van der Waals surface area contributed by atoms with E-state index in [0.29, 0.717) is 12.1 Å². The Morgan fingerprint density at radius 2 is 1.92 bits per heavy atom. The summed E-state index contributed by atoms with van der Waals surface area (Å²) >= 11 is 0. The Labute approximate surface area is 167 Å². The highest BCUT2D eigenvalue weighted by molar-refractivity contribution is 14.0. The van der Waals surface area contributed by atoms with Crippen molar-refractivity contribution in [3.05, 3.63) is 59.7 Å². The van der Waals surface area contributed by atoms with E-state index in [9.17, 15) is 4.39 Å². The SMILES string of the molecule is CN=C(NCC(C)(C)c1ccccc1F)N(C)Cc1cccn1C.I. The molecule has 0 unspecified atom stereocenters. The Balaban J connectivity index is 0.00000312. The Morgan fingerprint density at radius 1 is 1.24 bits per heavy atom. The molecule has 138 valence electrons. The van der Waals surface area contributed by atoms with Crippen LogP contribution in [-0.2, 0) is 19.0 Å². The molecule has 1 heterocycles. The molecule has 0 fully saturated rings. The molecule has 1 N–H and O–H groups in total. The maximum Gasteiger partial charge on any atom is 0.193 e. The molecule has 25 heavy (non-hydrogen) atoms. The lowest BCUT2D eigenvalue weighted by atomic mass is 9.84. The van der Waals surface area contributed by atoms with Crippen molar-refractivity contribution in [1.29, 1.82) is 0 Å². The number of rotatable bonds is 5. The zero-order valence-electron chi connectivity index (χ0n) is 15.6. The van der Waals surface area contributed by atoms with E-state index < -0.39 is 0 Å². The molecular formula is C19H28FIN4. The van der Waals surface area contributed by atoms with Gasteiger partial charge < -0.3 is 14.8 Å². The van der Waals surface area contributed by atoms with Crippen LogP contribution in [-0.4, -0.2) is 36.1 Å². The molecular weight excluding hydrogens is 430 g/mol. The van der Waals surface area contributed by atoms with Crippen molar-refractivity contribution in [3.63, 3.8) is 0 Å². The van der Waals surface area contributed by atoms with Crippen LogP contribution in [0.5, 0.6) is 0 Å². The van der Waals surface area contributed by atoms with Crippen molar-refractivity contribution in [2.24, 2.45) is 12.0 Å². The fourth-order valence-electron chi connectivity index (χ4n) is 2.77. The van der Waals surface area contributed by atoms with Crippen molar-refractivity contribution >= 4 is 29.9 Å². The summed E-state index contributed by atoms with van der Waals surface area (Å²) in [6.07, 6.45) is 2.03. The van der Waals surface area contributed by atoms with Gasteiger partial charge >= 0.3 is 0 Å². The van der Waals surface area contributed by atoms with Gasteiger partial charge in [0.25, 0.3) is 0 Å². The molecule has 0 amide bonds. The number of aliphatic imine (C=N–C) groups is 1. The van der Waals surface area contributed by atoms with Gasteiger partial charge in [0.05, 0.1) is 6.54 Å². The minimum absolute atomic E-state index is 0. The molecule has 0 bridgehead atoms. The van der Waals surface area contributed by atoms with E-state index in [1.54, 1.807) is 13.1 Å². The number of aryl methyl sites for hydroxylation is 1. The predicted octanol–water partition coefficient (Wildman–Crippen LogP) is 3.77. The fraction of sp³-hybridized carbons (Fsp3) is 0.421. The number of benzene rings is 1. The lowest BCUT2D eigenvalue weighted by molar-refractivity contribution is 0.431. The maximum absolute atomic E-state index is 14.1. The van der Waals surface area contributed by atoms with Crippen LogP contribution in [0, 0.1) is 5.82 Å². The molecule has 2 aromatic rings. The molecule has 1 aromatic heterocycles. The van der Waals surface area contributed by atoms with E-state index >= 15 is 0 Å². The van der Waals surface area contributed by atoms with Crippen molar-refractivity contribution in [3.8, 4) is 0 Å². The van der Waals surface area contributed by atoms with Gasteiger partial charge in [-0.2, -0.15) is 0 Å². The van der Waals surface area contributed by atoms with E-state index in [-0.39, 0.29) is 35.2 Å². The Hall–Kier alpha value is -1.57. The summed E-state index contributed by atoms with van der Waals surface area (Å²) in [7, 11) is 5.79. The van der Waals surface area contributed by atoms with Crippen LogP contribution in [0.1, 0.15) is 25.1 Å². The van der Waals surface area contributed by atoms with Crippen LogP contribution >= 0.6 is 24.0 Å². The Kier molecular flexibility index (Phi) is 7.92. The second kappa shape index (κ2) is 9.22. The first-order valence-corrected chi connectivity index (χ1v) is 8.12. The third kappa shape index (κ3) is 5.45. The maximum atomic E-state index is 14.1. The number of aromatic nitrogens is 1. The summed E-state index contributed by atoms with van der Waals surface area (Å²) in [6.45, 7) is 5.41. The number of guanidine groups is 1. The van der Waals surface area contributed by atoms with Gasteiger partial charge in [0.1, 0.15) is 5.82 Å². The van der Waals surface area contributed by atoms with Gasteiger partial charge in [-0.15, -0.1) is 24.0 Å². The largest absolute Gasteiger partial charge is 0.355 e. The Morgan fingerprint density at radius 3 is 2.48 bits per heavy atom. The lowest BCUT2D eigenvalue weighted by Crippen LogP contribution is -2.44. The smallest absolute Gasteiger partial charge is 0.193 e. The second-order valence-electron chi connectivity index (χ2n) is 6.73. The average Bonchev–Trinajstić information content (AvgIpc) is 2.93. The van der Waals surface area contributed by atoms with Crippen LogP contribution in [0.4, 0.5) is 4.39 Å². The van der Waals surface area contributed by atoms with Crippen molar-refractivity contribution in [2.75, 3.05) is 20.6 Å². The first kappa shape index (κ1) is 21.5. The highest BCUT2D eigenvalue weighted by Crippen LogP contribution is 2.24. The minimum Gasteiger partial charge on any atom is -0.355 e. The molecule has 0 aliphatic rings. The van der Waals surface area contributed by atoms with Gasteiger partial charge in [0.15, 0.2) is 5.96 Å². The molecule has 0 spiro atoms. The molecule has 0 atom stereocenters. The summed E-state index contributed by atoms with van der Waals surface area (Å²) < 4.78 is 16.2. The van der Waals surface area contributed by atoms with Gasteiger partial charge in [0.2, 0.25) is 0 Å². The van der Waals surface area contributed by atoms with Crippen LogP contribution in [0.15, 0.2) is 47.6 Å². The van der Waals surface area contributed by atoms with Gasteiger partial charge in [-0.05, 0) is 23.8 Å². The van der Waals surface area contributed by atoms with Crippen LogP contribution < -0.4 is 5.32 Å². The van der Waals surface area contributed by atoms with Crippen molar-refractivity contribution in [1.82, 2.24) is 14.8 Å². The molecule has 4 nitrogen and oxygen atoms in total. The summed E-state index contributed by atoms with van der Waals surface area (Å²) in [6, 6.07) is 11.1. The molecule has 0 saturated heterocycles. The highest BCUT2D eigenvalue weighted by atomic mass is 127. The number of nitrogens with one attached hydrogen (secondary N) is 1. The standard InChI is InChI=1S/C19H27FN4.HI/c1-19(2,16-10-6-7-11-17(16)20)14-22-18(21-3)24(5)13-15-9-8-12-23(15)4;/h6-12H,13-14H2,1-5H3,(H,21,22);1H. The number of hydrogen-bond acceptors (Lipinski definition) is 1. The van der Waals surface area contributed by atoms with E-state index in [1.807, 2.05) is 52.3 Å². The Bertz CT molecular complexity index is 709. The average molecular weight is 458 g/mol. The zero-order valence-corrected chi connectivity index (χ0v) is 17.9. The summed E-state index contributed by atoms with van der Waals surface area (Å²) in [5.74, 6) is 0.622. The highest BCUT2D eigenvalue weighted by Gasteiger charge is 2.24. The molecule has 1 aromatic carbocycles. The molecule has 0 aliphatic carbocycles. The summed E-state index contributed by atoms with van der Waals surface area (Å²) in [4.78, 5) is 6.41. The van der Waals surface area contributed by atoms with E-state index in [1.165, 1.54) is 11.8 Å². The van der Waals surface area contributed by atoms with Gasteiger partial charge in [-0.1, -0.05) is 32.0 Å². The van der Waals surface area contributed by atoms with E-state index in [4.69, 9.17) is 0 Å². The number of hydrogen-bond donors (Lipinski definition) is 1. The van der Waals surface area contributed by atoms with Crippen LogP contribution in [0.2, 0.25) is 0 Å². The van der Waals surface area contributed by atoms with E-state index in [2.05, 4.69) is 25.8 Å². The first-order valence-electron chi connectivity index (χ1n) is 8.12. The van der Waals surface area contributed by atoms with Gasteiger partial charge in [-0.25, -0.2) is 4.39 Å². The molecule has 0 aliphatic heterocycles. The van der Waals surface area contributed by atoms with Gasteiger partial charge in [0, 0.05) is 45.0 Å². The van der Waals surface area contributed by atoms with Gasteiger partial charge in [-0.3, -0.25) is 4.99 Å². The normalized spacial score (nSPS) is 11.8. The third-order valence-corrected chi connectivity index (χ3v) is 4.32. The summed E-state index contributed by atoms with van der Waals surface area (Å²) in [5, 5.41) is 3.37. The topological polar surface area (TPSA) is 32.6 Å². The van der Waals surface area contributed by atoms with E-state index in [0.717, 1.165) is 12.5 Å². The van der Waals surface area contributed by atoms with Crippen molar-refractivity contribution < 1.29 is 4.39 Å². The lowest BCUT2D eigenvalue weighted by Gasteiger charge is -2.29. The molecule has 2 rings (SSSR count). The minimum atomic E-state index is -0.340. The van der Waals surface area contributed by atoms with Crippen LogP contribution in [0.25, 0.3) is 0 Å². The third-order valence-electron chi connectivity index (χ3n) is 4.32.